The lowest BCUT2D eigenvalue weighted by atomic mass is 10.1. The van der Waals surface area contributed by atoms with Crippen molar-refractivity contribution in [2.24, 2.45) is 0 Å². The molecule has 37 heavy (non-hydrogen) atoms. The van der Waals surface area contributed by atoms with Gasteiger partial charge in [0, 0.05) is 30.1 Å². The van der Waals surface area contributed by atoms with E-state index in [0.29, 0.717) is 43.5 Å². The molecule has 1 aliphatic heterocycles. The zero-order chi connectivity index (χ0) is 26.6. The molecule has 0 aliphatic carbocycles. The number of nitrogens with one attached hydrogen (secondary N) is 1. The van der Waals surface area contributed by atoms with Crippen LogP contribution in [0.15, 0.2) is 41.8 Å². The van der Waals surface area contributed by atoms with Crippen LogP contribution in [0.1, 0.15) is 39.5 Å². The number of benzene rings is 1. The number of esters is 1. The predicted molar refractivity (Wildman–Crippen MR) is 130 cm³/mol. The fourth-order valence-corrected chi connectivity index (χ4v) is 4.86. The van der Waals surface area contributed by atoms with Gasteiger partial charge in [-0.15, -0.1) is 11.3 Å². The van der Waals surface area contributed by atoms with Gasteiger partial charge in [0.05, 0.1) is 24.4 Å². The van der Waals surface area contributed by atoms with Gasteiger partial charge in [-0.3, -0.25) is 4.79 Å². The van der Waals surface area contributed by atoms with E-state index in [-0.39, 0.29) is 22.3 Å². The Balaban J connectivity index is 1.53. The Morgan fingerprint density at radius 2 is 2.00 bits per heavy atom. The minimum absolute atomic E-state index is 0.00407. The molecule has 1 amide bonds. The van der Waals surface area contributed by atoms with E-state index >= 15 is 0 Å². The van der Waals surface area contributed by atoms with E-state index in [1.54, 1.807) is 17.0 Å². The van der Waals surface area contributed by atoms with Crippen LogP contribution in [-0.4, -0.2) is 48.1 Å². The quantitative estimate of drug-likeness (QED) is 0.457. The Morgan fingerprint density at radius 3 is 2.68 bits per heavy atom. The third kappa shape index (κ3) is 6.06. The first kappa shape index (κ1) is 26.1. The standard InChI is InChI=1S/C25H22F3N5O3S/c1-36-23(35)20-11-17(14-37-20)18-12-21(32-24(31-18)25(26,27)28)33-10-2-3-19(33)22(34)30-9-8-15-4-6-16(13-29)7-5-15/h4-7,11-12,14,19H,2-3,8-10H2,1H3,(H,30,34). The van der Waals surface area contributed by atoms with Crippen molar-refractivity contribution in [2.45, 2.75) is 31.5 Å². The van der Waals surface area contributed by atoms with E-state index in [9.17, 15) is 22.8 Å². The third-order valence-corrected chi connectivity index (χ3v) is 6.80. The Hall–Kier alpha value is -3.98. The number of methoxy groups -OCH3 is 1. The van der Waals surface area contributed by atoms with E-state index in [1.165, 1.54) is 24.6 Å². The number of ether oxygens (including phenoxy) is 1. The second-order valence-electron chi connectivity index (χ2n) is 8.33. The Labute approximate surface area is 214 Å². The molecule has 2 aromatic heterocycles. The zero-order valence-corrected chi connectivity index (χ0v) is 20.5. The van der Waals surface area contributed by atoms with Crippen molar-refractivity contribution in [2.75, 3.05) is 25.1 Å². The van der Waals surface area contributed by atoms with E-state index in [2.05, 4.69) is 20.0 Å². The molecule has 192 valence electrons. The van der Waals surface area contributed by atoms with E-state index in [4.69, 9.17) is 5.26 Å². The Morgan fingerprint density at radius 1 is 1.24 bits per heavy atom. The Bertz CT molecular complexity index is 1330. The van der Waals surface area contributed by atoms with Gasteiger partial charge in [-0.2, -0.15) is 18.4 Å². The van der Waals surface area contributed by atoms with Crippen LogP contribution in [0.25, 0.3) is 11.3 Å². The maximum absolute atomic E-state index is 13.7. The number of anilines is 1. The van der Waals surface area contributed by atoms with E-state index < -0.39 is 24.0 Å². The summed E-state index contributed by atoms with van der Waals surface area (Å²) in [5, 5.41) is 13.3. The molecule has 8 nitrogen and oxygen atoms in total. The summed E-state index contributed by atoms with van der Waals surface area (Å²) in [4.78, 5) is 34.0. The van der Waals surface area contributed by atoms with Crippen LogP contribution in [0.2, 0.25) is 0 Å². The summed E-state index contributed by atoms with van der Waals surface area (Å²) in [7, 11) is 1.22. The smallest absolute Gasteiger partial charge is 0.451 e. The number of carbonyl (C=O) groups excluding carboxylic acids is 2. The van der Waals surface area contributed by atoms with Crippen molar-refractivity contribution in [3.63, 3.8) is 0 Å². The van der Waals surface area contributed by atoms with Crippen molar-refractivity contribution in [1.82, 2.24) is 15.3 Å². The van der Waals surface area contributed by atoms with Gasteiger partial charge in [-0.05, 0) is 43.0 Å². The van der Waals surface area contributed by atoms with Crippen LogP contribution < -0.4 is 10.2 Å². The van der Waals surface area contributed by atoms with Gasteiger partial charge in [0.2, 0.25) is 11.7 Å². The summed E-state index contributed by atoms with van der Waals surface area (Å²) < 4.78 is 45.6. The molecule has 12 heteroatoms. The van der Waals surface area contributed by atoms with Crippen molar-refractivity contribution in [3.8, 4) is 17.3 Å². The number of hydrogen-bond acceptors (Lipinski definition) is 8. The SMILES string of the molecule is COC(=O)c1cc(-c2cc(N3CCCC3C(=O)NCCc3ccc(C#N)cc3)nc(C(F)(F)F)n2)cs1. The minimum atomic E-state index is -4.80. The molecule has 0 saturated carbocycles. The lowest BCUT2D eigenvalue weighted by Gasteiger charge is -2.26. The lowest BCUT2D eigenvalue weighted by Crippen LogP contribution is -2.44. The van der Waals surface area contributed by atoms with Crippen molar-refractivity contribution >= 4 is 29.0 Å². The summed E-state index contributed by atoms with van der Waals surface area (Å²) in [6, 6.07) is 11.2. The molecule has 3 heterocycles. The summed E-state index contributed by atoms with van der Waals surface area (Å²) in [6.07, 6.45) is -3.18. The summed E-state index contributed by atoms with van der Waals surface area (Å²) in [5.74, 6) is -2.23. The molecule has 0 bridgehead atoms. The monoisotopic (exact) mass is 529 g/mol. The highest BCUT2D eigenvalue weighted by Crippen LogP contribution is 2.34. The molecular formula is C25H22F3N5O3S. The fraction of sp³-hybridized carbons (Fsp3) is 0.320. The molecule has 1 aromatic carbocycles. The lowest BCUT2D eigenvalue weighted by molar-refractivity contribution is -0.144. The fourth-order valence-electron chi connectivity index (χ4n) is 4.04. The molecule has 0 radical (unpaired) electrons. The van der Waals surface area contributed by atoms with E-state index in [0.717, 1.165) is 16.9 Å². The summed E-state index contributed by atoms with van der Waals surface area (Å²) in [5.41, 5.74) is 1.80. The highest BCUT2D eigenvalue weighted by Gasteiger charge is 2.38. The van der Waals surface area contributed by atoms with Gasteiger partial charge < -0.3 is 15.0 Å². The average molecular weight is 530 g/mol. The number of halogens is 3. The molecule has 1 unspecified atom stereocenters. The molecule has 1 aliphatic rings. The minimum Gasteiger partial charge on any atom is -0.465 e. The van der Waals surface area contributed by atoms with Crippen LogP contribution in [0.5, 0.6) is 0 Å². The maximum atomic E-state index is 13.7. The molecule has 3 aromatic rings. The van der Waals surface area contributed by atoms with Crippen LogP contribution in [0.3, 0.4) is 0 Å². The van der Waals surface area contributed by atoms with Gasteiger partial charge >= 0.3 is 12.1 Å². The van der Waals surface area contributed by atoms with Gasteiger partial charge in [0.1, 0.15) is 16.7 Å². The maximum Gasteiger partial charge on any atom is 0.451 e. The van der Waals surface area contributed by atoms with Gasteiger partial charge in [0.15, 0.2) is 0 Å². The number of thiophene rings is 1. The van der Waals surface area contributed by atoms with E-state index in [1.807, 2.05) is 18.2 Å². The number of aromatic nitrogens is 2. The van der Waals surface area contributed by atoms with Crippen molar-refractivity contribution < 1.29 is 27.5 Å². The highest BCUT2D eigenvalue weighted by atomic mass is 32.1. The van der Waals surface area contributed by atoms with Crippen LogP contribution >= 0.6 is 11.3 Å². The molecule has 0 spiro atoms. The average Bonchev–Trinajstić information content (AvgIpc) is 3.58. The van der Waals surface area contributed by atoms with Crippen molar-refractivity contribution in [3.05, 3.63) is 63.6 Å². The van der Waals surface area contributed by atoms with Gasteiger partial charge in [0.25, 0.3) is 0 Å². The van der Waals surface area contributed by atoms with Crippen LogP contribution in [0.4, 0.5) is 19.0 Å². The number of nitrogens with zero attached hydrogens (tertiary/aromatic N) is 4. The highest BCUT2D eigenvalue weighted by molar-refractivity contribution is 7.12. The topological polar surface area (TPSA) is 108 Å². The van der Waals surface area contributed by atoms with Crippen LogP contribution in [-0.2, 0) is 22.1 Å². The van der Waals surface area contributed by atoms with Crippen LogP contribution in [0, 0.1) is 11.3 Å². The number of hydrogen-bond donors (Lipinski definition) is 1. The number of carbonyl (C=O) groups is 2. The number of alkyl halides is 3. The van der Waals surface area contributed by atoms with Gasteiger partial charge in [-0.1, -0.05) is 12.1 Å². The third-order valence-electron chi connectivity index (χ3n) is 5.89. The Kier molecular flexibility index (Phi) is 7.73. The second-order valence-corrected chi connectivity index (χ2v) is 9.24. The second kappa shape index (κ2) is 11.0. The molecular weight excluding hydrogens is 507 g/mol. The number of nitriles is 1. The number of amides is 1. The van der Waals surface area contributed by atoms with Crippen molar-refractivity contribution in [1.29, 1.82) is 5.26 Å². The largest absolute Gasteiger partial charge is 0.465 e. The molecule has 1 N–H and O–H groups in total. The first-order chi connectivity index (χ1) is 17.7. The molecule has 1 atom stereocenters. The first-order valence-corrected chi connectivity index (χ1v) is 12.2. The molecule has 4 rings (SSSR count). The molecule has 1 saturated heterocycles. The van der Waals surface area contributed by atoms with Gasteiger partial charge in [-0.25, -0.2) is 14.8 Å². The predicted octanol–water partition coefficient (Wildman–Crippen LogP) is 4.21. The normalized spacial score (nSPS) is 15.3. The number of rotatable bonds is 7. The molecule has 1 fully saturated rings. The summed E-state index contributed by atoms with van der Waals surface area (Å²) >= 11 is 1.03. The summed E-state index contributed by atoms with van der Waals surface area (Å²) in [6.45, 7) is 0.696. The zero-order valence-electron chi connectivity index (χ0n) is 19.7. The first-order valence-electron chi connectivity index (χ1n) is 11.4.